The third-order valence-corrected chi connectivity index (χ3v) is 1.00. The zero-order chi connectivity index (χ0) is 8.85. The average Bonchev–Trinajstić information content (AvgIpc) is 1.82. The molecule has 0 amide bonds. The monoisotopic (exact) mass is 164 g/mol. The molecule has 0 aliphatic heterocycles. The van der Waals surface area contributed by atoms with E-state index in [1.807, 2.05) is 0 Å². The van der Waals surface area contributed by atoms with Gasteiger partial charge >= 0.3 is 0 Å². The second-order valence-corrected chi connectivity index (χ2v) is 2.01. The molecule has 1 N–H and O–H groups in total. The molecule has 64 valence electrons. The number of aliphatic hydroxyl groups excluding tert-OH is 1. The molecule has 0 rings (SSSR count). The van der Waals surface area contributed by atoms with Crippen molar-refractivity contribution in [2.75, 3.05) is 13.1 Å². The van der Waals surface area contributed by atoms with E-state index in [-0.39, 0.29) is 6.42 Å². The Bertz CT molecular complexity index is 159. The van der Waals surface area contributed by atoms with Crippen LogP contribution in [0.5, 0.6) is 0 Å². The van der Waals surface area contributed by atoms with Crippen molar-refractivity contribution in [2.45, 2.75) is 12.5 Å². The molecule has 7 nitrogen and oxygen atoms in total. The van der Waals surface area contributed by atoms with Gasteiger partial charge in [0.2, 0.25) is 13.1 Å². The molecular formula is C4H8N2O5. The van der Waals surface area contributed by atoms with Gasteiger partial charge in [-0.1, -0.05) is 0 Å². The standard InChI is InChI=1S/C4H8N2O5/c7-4(3-6(10)11)1-2-5(8)9/h4,7H,1-3H2. The minimum absolute atomic E-state index is 0.173. The first-order chi connectivity index (χ1) is 5.02. The van der Waals surface area contributed by atoms with Gasteiger partial charge in [0.05, 0.1) is 0 Å². The number of hydrogen-bond donors (Lipinski definition) is 1. The zero-order valence-corrected chi connectivity index (χ0v) is 5.67. The van der Waals surface area contributed by atoms with Crippen molar-refractivity contribution in [2.24, 2.45) is 0 Å². The molecule has 7 heteroatoms. The average molecular weight is 164 g/mol. The van der Waals surface area contributed by atoms with Gasteiger partial charge in [-0.2, -0.15) is 0 Å². The maximum atomic E-state index is 9.73. The van der Waals surface area contributed by atoms with E-state index in [2.05, 4.69) is 0 Å². The predicted molar refractivity (Wildman–Crippen MR) is 34.3 cm³/mol. The number of rotatable bonds is 5. The highest BCUT2D eigenvalue weighted by Crippen LogP contribution is 1.91. The predicted octanol–water partition coefficient (Wildman–Crippen LogP) is -0.709. The number of aliphatic hydroxyl groups is 1. The van der Waals surface area contributed by atoms with Crippen LogP contribution in [0, 0.1) is 20.2 Å². The third-order valence-electron chi connectivity index (χ3n) is 1.00. The Morgan fingerprint density at radius 3 is 2.18 bits per heavy atom. The Morgan fingerprint density at radius 2 is 1.82 bits per heavy atom. The minimum atomic E-state index is -1.21. The van der Waals surface area contributed by atoms with E-state index in [0.29, 0.717) is 0 Å². The summed E-state index contributed by atoms with van der Waals surface area (Å²) in [5, 5.41) is 28.2. The Labute approximate surface area is 61.9 Å². The minimum Gasteiger partial charge on any atom is -0.386 e. The fraction of sp³-hybridized carbons (Fsp3) is 1.00. The molecule has 0 spiro atoms. The molecule has 0 aliphatic rings. The molecule has 0 fully saturated rings. The summed E-state index contributed by atoms with van der Waals surface area (Å²) in [5.41, 5.74) is 0. The van der Waals surface area contributed by atoms with E-state index in [1.165, 1.54) is 0 Å². The van der Waals surface area contributed by atoms with Crippen LogP contribution >= 0.6 is 0 Å². The molecule has 0 heterocycles. The SMILES string of the molecule is O=[N+]([O-])CCC(O)C[N+](=O)[O-]. The van der Waals surface area contributed by atoms with E-state index in [4.69, 9.17) is 5.11 Å². The van der Waals surface area contributed by atoms with Crippen LogP contribution in [-0.4, -0.2) is 34.1 Å². The molecule has 0 saturated carbocycles. The quantitative estimate of drug-likeness (QED) is 0.426. The van der Waals surface area contributed by atoms with Crippen molar-refractivity contribution in [3.05, 3.63) is 20.2 Å². The van der Waals surface area contributed by atoms with Gasteiger partial charge in [-0.15, -0.1) is 0 Å². The molecule has 0 aliphatic carbocycles. The molecule has 0 radical (unpaired) electrons. The van der Waals surface area contributed by atoms with E-state index in [0.717, 1.165) is 0 Å². The first kappa shape index (κ1) is 9.76. The fourth-order valence-electron chi connectivity index (χ4n) is 0.518. The molecule has 11 heavy (non-hydrogen) atoms. The van der Waals surface area contributed by atoms with Crippen molar-refractivity contribution >= 4 is 0 Å². The molecule has 0 aromatic carbocycles. The first-order valence-electron chi connectivity index (χ1n) is 2.94. The number of nitrogens with zero attached hydrogens (tertiary/aromatic N) is 2. The number of hydrogen-bond acceptors (Lipinski definition) is 5. The summed E-state index contributed by atoms with van der Waals surface area (Å²) in [4.78, 5) is 18.1. The highest BCUT2D eigenvalue weighted by Gasteiger charge is 2.13. The maximum absolute atomic E-state index is 9.73. The van der Waals surface area contributed by atoms with Crippen LogP contribution in [0.15, 0.2) is 0 Å². The zero-order valence-electron chi connectivity index (χ0n) is 5.67. The summed E-state index contributed by atoms with van der Waals surface area (Å²) in [7, 11) is 0. The van der Waals surface area contributed by atoms with Crippen LogP contribution in [-0.2, 0) is 0 Å². The van der Waals surface area contributed by atoms with Gasteiger partial charge in [0.15, 0.2) is 0 Å². The second kappa shape index (κ2) is 4.56. The van der Waals surface area contributed by atoms with Gasteiger partial charge in [-0.3, -0.25) is 20.2 Å². The van der Waals surface area contributed by atoms with Crippen molar-refractivity contribution in [1.29, 1.82) is 0 Å². The highest BCUT2D eigenvalue weighted by molar-refractivity contribution is 4.50. The van der Waals surface area contributed by atoms with Crippen molar-refractivity contribution in [3.8, 4) is 0 Å². The van der Waals surface area contributed by atoms with Gasteiger partial charge in [-0.05, 0) is 0 Å². The molecule has 0 bridgehead atoms. The smallest absolute Gasteiger partial charge is 0.229 e. The highest BCUT2D eigenvalue weighted by atomic mass is 16.6. The second-order valence-electron chi connectivity index (χ2n) is 2.01. The van der Waals surface area contributed by atoms with Crippen molar-refractivity contribution in [1.82, 2.24) is 0 Å². The lowest BCUT2D eigenvalue weighted by molar-refractivity contribution is -0.501. The van der Waals surface area contributed by atoms with E-state index in [1.54, 1.807) is 0 Å². The van der Waals surface area contributed by atoms with Gasteiger partial charge in [0.1, 0.15) is 6.10 Å². The van der Waals surface area contributed by atoms with Crippen molar-refractivity contribution in [3.63, 3.8) is 0 Å². The van der Waals surface area contributed by atoms with Crippen LogP contribution in [0.1, 0.15) is 6.42 Å². The molecule has 1 atom stereocenters. The van der Waals surface area contributed by atoms with E-state index < -0.39 is 29.0 Å². The summed E-state index contributed by atoms with van der Waals surface area (Å²) in [5.74, 6) is 0. The molecule has 0 saturated heterocycles. The summed E-state index contributed by atoms with van der Waals surface area (Å²) in [6.45, 7) is -1.07. The summed E-state index contributed by atoms with van der Waals surface area (Å²) < 4.78 is 0. The Kier molecular flexibility index (Phi) is 4.04. The fourth-order valence-corrected chi connectivity index (χ4v) is 0.518. The van der Waals surface area contributed by atoms with E-state index in [9.17, 15) is 20.2 Å². The van der Waals surface area contributed by atoms with Crippen molar-refractivity contribution < 1.29 is 15.0 Å². The molecule has 0 aromatic rings. The molecule has 1 unspecified atom stereocenters. The third kappa shape index (κ3) is 6.65. The molecule has 0 aromatic heterocycles. The van der Waals surface area contributed by atoms with Crippen LogP contribution in [0.4, 0.5) is 0 Å². The largest absolute Gasteiger partial charge is 0.386 e. The topological polar surface area (TPSA) is 107 Å². The summed E-state index contributed by atoms with van der Waals surface area (Å²) in [6, 6.07) is 0. The number of nitro groups is 2. The Morgan fingerprint density at radius 1 is 1.27 bits per heavy atom. The van der Waals surface area contributed by atoms with Crippen LogP contribution < -0.4 is 0 Å². The first-order valence-corrected chi connectivity index (χ1v) is 2.94. The lowest BCUT2D eigenvalue weighted by Gasteiger charge is -2.00. The van der Waals surface area contributed by atoms with Gasteiger partial charge in [-0.25, -0.2) is 0 Å². The van der Waals surface area contributed by atoms with Crippen LogP contribution in [0.25, 0.3) is 0 Å². The molecular weight excluding hydrogens is 156 g/mol. The normalized spacial score (nSPS) is 12.5. The Hall–Kier alpha value is -1.24. The lowest BCUT2D eigenvalue weighted by atomic mass is 10.2. The van der Waals surface area contributed by atoms with Gasteiger partial charge in [0, 0.05) is 16.3 Å². The van der Waals surface area contributed by atoms with E-state index >= 15 is 0 Å². The summed E-state index contributed by atoms with van der Waals surface area (Å²) >= 11 is 0. The van der Waals surface area contributed by atoms with Crippen LogP contribution in [0.2, 0.25) is 0 Å². The maximum Gasteiger partial charge on any atom is 0.229 e. The Balaban J connectivity index is 3.44. The lowest BCUT2D eigenvalue weighted by Crippen LogP contribution is -2.22. The van der Waals surface area contributed by atoms with Gasteiger partial charge in [0.25, 0.3) is 0 Å². The van der Waals surface area contributed by atoms with Crippen LogP contribution in [0.3, 0.4) is 0 Å². The summed E-state index contributed by atoms with van der Waals surface area (Å²) in [6.07, 6.45) is -1.39. The van der Waals surface area contributed by atoms with Gasteiger partial charge < -0.3 is 5.11 Å².